The van der Waals surface area contributed by atoms with E-state index in [-0.39, 0.29) is 21.9 Å². The third-order valence-corrected chi connectivity index (χ3v) is 6.20. The fourth-order valence-electron chi connectivity index (χ4n) is 3.33. The zero-order chi connectivity index (χ0) is 20.4. The highest BCUT2D eigenvalue weighted by atomic mass is 32.1. The molecular weight excluding hydrogens is 396 g/mol. The Morgan fingerprint density at radius 2 is 2.21 bits per heavy atom. The van der Waals surface area contributed by atoms with Gasteiger partial charge in [-0.2, -0.15) is 5.26 Å². The average molecular weight is 415 g/mol. The maximum Gasteiger partial charge on any atom is 0.273 e. The number of hydrogen-bond acceptors (Lipinski definition) is 6. The molecule has 0 unspecified atom stereocenters. The van der Waals surface area contributed by atoms with Crippen molar-refractivity contribution in [1.29, 1.82) is 5.26 Å². The molecule has 7 nitrogen and oxygen atoms in total. The van der Waals surface area contributed by atoms with Crippen LogP contribution in [0.3, 0.4) is 0 Å². The number of nitro benzene ring substituents is 1. The molecule has 2 N–H and O–H groups in total. The van der Waals surface area contributed by atoms with Crippen molar-refractivity contribution >= 4 is 45.3 Å². The molecule has 1 aromatic carbocycles. The first-order valence-corrected chi connectivity index (χ1v) is 9.95. The largest absolute Gasteiger partial charge is 0.323 e. The van der Waals surface area contributed by atoms with Crippen molar-refractivity contribution < 1.29 is 9.72 Å². The van der Waals surface area contributed by atoms with E-state index in [2.05, 4.69) is 23.6 Å². The fraction of sp³-hybridized carbons (Fsp3) is 0.316. The van der Waals surface area contributed by atoms with Gasteiger partial charge in [0, 0.05) is 22.1 Å². The van der Waals surface area contributed by atoms with Crippen LogP contribution in [0.4, 0.5) is 10.7 Å². The lowest BCUT2D eigenvalue weighted by Crippen LogP contribution is -2.34. The van der Waals surface area contributed by atoms with Gasteiger partial charge in [0.05, 0.1) is 10.5 Å². The number of thiophene rings is 1. The number of thiocarbonyl (C=S) groups is 1. The Hall–Kier alpha value is -2.83. The van der Waals surface area contributed by atoms with Gasteiger partial charge >= 0.3 is 0 Å². The van der Waals surface area contributed by atoms with Crippen LogP contribution < -0.4 is 10.6 Å². The zero-order valence-electron chi connectivity index (χ0n) is 15.4. The van der Waals surface area contributed by atoms with Crippen LogP contribution in [0.5, 0.6) is 0 Å². The lowest BCUT2D eigenvalue weighted by atomic mass is 9.89. The standard InChI is InChI=1S/C19H18N4O3S2/c1-10-6-7-13-14(9-20)18(28-16(13)8-10)22-19(27)21-17(24)12-4-3-5-15(11(12)2)23(25)26/h3-5,10H,6-8H2,1-2H3,(H2,21,22,24,27)/t10-/m1/s1. The first kappa shape index (κ1) is 19.9. The van der Waals surface area contributed by atoms with E-state index in [1.165, 1.54) is 41.3 Å². The summed E-state index contributed by atoms with van der Waals surface area (Å²) in [5.41, 5.74) is 1.97. The third kappa shape index (κ3) is 3.88. The molecule has 3 rings (SSSR count). The van der Waals surface area contributed by atoms with E-state index in [9.17, 15) is 20.2 Å². The first-order chi connectivity index (χ1) is 13.3. The van der Waals surface area contributed by atoms with E-state index >= 15 is 0 Å². The third-order valence-electron chi connectivity index (χ3n) is 4.82. The summed E-state index contributed by atoms with van der Waals surface area (Å²) >= 11 is 6.72. The molecule has 2 aromatic rings. The minimum atomic E-state index is -0.535. The summed E-state index contributed by atoms with van der Waals surface area (Å²) in [6.07, 6.45) is 2.84. The van der Waals surface area contributed by atoms with Gasteiger partial charge in [-0.25, -0.2) is 0 Å². The molecule has 0 saturated heterocycles. The predicted octanol–water partition coefficient (Wildman–Crippen LogP) is 4.09. The maximum atomic E-state index is 12.5. The van der Waals surface area contributed by atoms with Crippen LogP contribution in [0.15, 0.2) is 18.2 Å². The highest BCUT2D eigenvalue weighted by Gasteiger charge is 2.25. The molecule has 0 bridgehead atoms. The van der Waals surface area contributed by atoms with E-state index in [1.807, 2.05) is 0 Å². The average Bonchev–Trinajstić information content (AvgIpc) is 2.96. The zero-order valence-corrected chi connectivity index (χ0v) is 17.0. The molecule has 1 aromatic heterocycles. The van der Waals surface area contributed by atoms with Gasteiger partial charge in [-0.3, -0.25) is 20.2 Å². The number of nitro groups is 1. The molecule has 0 saturated carbocycles. The van der Waals surface area contributed by atoms with Crippen LogP contribution in [-0.4, -0.2) is 15.9 Å². The van der Waals surface area contributed by atoms with Crippen molar-refractivity contribution in [2.24, 2.45) is 5.92 Å². The first-order valence-electron chi connectivity index (χ1n) is 8.72. The normalized spacial score (nSPS) is 15.2. The summed E-state index contributed by atoms with van der Waals surface area (Å²) < 4.78 is 0. The summed E-state index contributed by atoms with van der Waals surface area (Å²) in [5, 5.41) is 26.8. The molecule has 1 amide bonds. The Bertz CT molecular complexity index is 1020. The lowest BCUT2D eigenvalue weighted by Gasteiger charge is -2.17. The number of hydrogen-bond donors (Lipinski definition) is 2. The number of benzene rings is 1. The topological polar surface area (TPSA) is 108 Å². The molecule has 0 fully saturated rings. The number of carbonyl (C=O) groups excluding carboxylic acids is 1. The minimum Gasteiger partial charge on any atom is -0.323 e. The maximum absolute atomic E-state index is 12.5. The van der Waals surface area contributed by atoms with Crippen LogP contribution in [0.2, 0.25) is 0 Å². The van der Waals surface area contributed by atoms with E-state index in [0.29, 0.717) is 16.5 Å². The number of nitriles is 1. The van der Waals surface area contributed by atoms with E-state index in [4.69, 9.17) is 12.2 Å². The number of nitrogens with one attached hydrogen (secondary N) is 2. The van der Waals surface area contributed by atoms with Gasteiger partial charge in [0.1, 0.15) is 11.1 Å². The molecule has 1 heterocycles. The second-order valence-corrected chi connectivity index (χ2v) is 8.30. The summed E-state index contributed by atoms with van der Waals surface area (Å²) in [4.78, 5) is 24.2. The van der Waals surface area contributed by atoms with Gasteiger partial charge in [-0.1, -0.05) is 13.0 Å². The van der Waals surface area contributed by atoms with Gasteiger partial charge in [-0.15, -0.1) is 11.3 Å². The number of fused-ring (bicyclic) bond motifs is 1. The molecule has 0 radical (unpaired) electrons. The quantitative estimate of drug-likeness (QED) is 0.445. The second-order valence-electron chi connectivity index (χ2n) is 6.78. The van der Waals surface area contributed by atoms with Crippen LogP contribution in [-0.2, 0) is 12.8 Å². The Morgan fingerprint density at radius 1 is 1.46 bits per heavy atom. The van der Waals surface area contributed by atoms with Crippen molar-refractivity contribution in [3.63, 3.8) is 0 Å². The molecule has 28 heavy (non-hydrogen) atoms. The van der Waals surface area contributed by atoms with Gasteiger partial charge < -0.3 is 5.32 Å². The monoisotopic (exact) mass is 414 g/mol. The fourth-order valence-corrected chi connectivity index (χ4v) is 4.95. The number of nitrogens with zero attached hydrogens (tertiary/aromatic N) is 2. The molecule has 1 atom stereocenters. The van der Waals surface area contributed by atoms with Crippen LogP contribution in [0.25, 0.3) is 0 Å². The number of anilines is 1. The van der Waals surface area contributed by atoms with E-state index in [1.54, 1.807) is 0 Å². The summed E-state index contributed by atoms with van der Waals surface area (Å²) in [6.45, 7) is 3.71. The van der Waals surface area contributed by atoms with Gasteiger partial charge in [-0.05, 0) is 56.0 Å². The minimum absolute atomic E-state index is 0.0547. The van der Waals surface area contributed by atoms with E-state index < -0.39 is 10.8 Å². The van der Waals surface area contributed by atoms with Crippen molar-refractivity contribution in [3.05, 3.63) is 55.4 Å². The lowest BCUT2D eigenvalue weighted by molar-refractivity contribution is -0.385. The van der Waals surface area contributed by atoms with Crippen LogP contribution in [0, 0.1) is 34.3 Å². The molecule has 144 valence electrons. The van der Waals surface area contributed by atoms with Crippen LogP contribution >= 0.6 is 23.6 Å². The Balaban J connectivity index is 1.77. The number of amides is 1. The molecule has 0 spiro atoms. The number of carbonyl (C=O) groups is 1. The molecule has 0 aliphatic heterocycles. The molecule has 1 aliphatic rings. The van der Waals surface area contributed by atoms with Crippen molar-refractivity contribution in [2.45, 2.75) is 33.1 Å². The molecular formula is C19H18N4O3S2. The molecule has 1 aliphatic carbocycles. The predicted molar refractivity (Wildman–Crippen MR) is 112 cm³/mol. The highest BCUT2D eigenvalue weighted by molar-refractivity contribution is 7.80. The second kappa shape index (κ2) is 8.04. The summed E-state index contributed by atoms with van der Waals surface area (Å²) in [7, 11) is 0. The smallest absolute Gasteiger partial charge is 0.273 e. The Morgan fingerprint density at radius 3 is 2.89 bits per heavy atom. The Labute approximate surface area is 171 Å². The highest BCUT2D eigenvalue weighted by Crippen LogP contribution is 2.39. The van der Waals surface area contributed by atoms with Gasteiger partial charge in [0.25, 0.3) is 11.6 Å². The molecule has 9 heteroatoms. The summed E-state index contributed by atoms with van der Waals surface area (Å²) in [5.74, 6) is 0.0428. The SMILES string of the molecule is Cc1c(C(=O)NC(=S)Nc2sc3c(c2C#N)CC[C@@H](C)C3)cccc1[N+](=O)[O-]. The van der Waals surface area contributed by atoms with Crippen LogP contribution in [0.1, 0.15) is 45.3 Å². The van der Waals surface area contributed by atoms with Gasteiger partial charge in [0.2, 0.25) is 0 Å². The van der Waals surface area contributed by atoms with Crippen molar-refractivity contribution in [2.75, 3.05) is 5.32 Å². The Kier molecular flexibility index (Phi) is 5.72. The summed E-state index contributed by atoms with van der Waals surface area (Å²) in [6, 6.07) is 6.55. The van der Waals surface area contributed by atoms with Crippen molar-refractivity contribution in [1.82, 2.24) is 5.32 Å². The van der Waals surface area contributed by atoms with Crippen molar-refractivity contribution in [3.8, 4) is 6.07 Å². The number of rotatable bonds is 3. The van der Waals surface area contributed by atoms with Gasteiger partial charge in [0.15, 0.2) is 5.11 Å². The van der Waals surface area contributed by atoms with E-state index in [0.717, 1.165) is 24.8 Å².